The van der Waals surface area contributed by atoms with E-state index in [0.717, 1.165) is 13.0 Å². The number of hydrogen-bond acceptors (Lipinski definition) is 1. The number of rotatable bonds is 6. The normalized spacial score (nSPS) is 13.8. The Bertz CT molecular complexity index is 353. The van der Waals surface area contributed by atoms with Gasteiger partial charge in [0.2, 0.25) is 5.91 Å². The summed E-state index contributed by atoms with van der Waals surface area (Å²) >= 11 is 0. The molecule has 0 N–H and O–H groups in total. The molecule has 0 radical (unpaired) electrons. The molecule has 0 aliphatic rings. The van der Waals surface area contributed by atoms with Gasteiger partial charge in [-0.25, -0.2) is 0 Å². The zero-order valence-electron chi connectivity index (χ0n) is 15.8. The Balaban J connectivity index is 4.43. The van der Waals surface area contributed by atoms with E-state index in [4.69, 9.17) is 0 Å². The third-order valence-electron chi connectivity index (χ3n) is 3.44. The van der Waals surface area contributed by atoms with Gasteiger partial charge in [-0.1, -0.05) is 53.7 Å². The molecule has 2 heteroatoms. The minimum absolute atomic E-state index is 0.136. The van der Waals surface area contributed by atoms with Gasteiger partial charge in [0, 0.05) is 13.6 Å². The highest BCUT2D eigenvalue weighted by molar-refractivity contribution is 5.83. The second-order valence-electron chi connectivity index (χ2n) is 9.30. The van der Waals surface area contributed by atoms with Crippen LogP contribution >= 0.6 is 0 Å². The molecule has 21 heavy (non-hydrogen) atoms. The first-order valence-electron chi connectivity index (χ1n) is 8.18. The number of nitrogens with zero attached hydrogens (tertiary/aromatic N) is 1. The molecule has 0 aliphatic carbocycles. The van der Waals surface area contributed by atoms with Crippen molar-refractivity contribution in [3.63, 3.8) is 0 Å². The fourth-order valence-electron chi connectivity index (χ4n) is 2.47. The van der Waals surface area contributed by atoms with Gasteiger partial charge in [-0.05, 0) is 43.9 Å². The second kappa shape index (κ2) is 7.47. The predicted molar refractivity (Wildman–Crippen MR) is 93.3 cm³/mol. The SMILES string of the molecule is CN(CC(C)(C)C)C(=O)C(C)(C)C=CCCCC(C)(C)C. The first-order chi connectivity index (χ1) is 9.25. The van der Waals surface area contributed by atoms with Crippen molar-refractivity contribution < 1.29 is 4.79 Å². The van der Waals surface area contributed by atoms with E-state index in [9.17, 15) is 4.79 Å². The van der Waals surface area contributed by atoms with Gasteiger partial charge in [0.25, 0.3) is 0 Å². The van der Waals surface area contributed by atoms with E-state index in [-0.39, 0.29) is 11.3 Å². The average Bonchev–Trinajstić information content (AvgIpc) is 2.23. The average molecular weight is 296 g/mol. The van der Waals surface area contributed by atoms with E-state index < -0.39 is 5.41 Å². The summed E-state index contributed by atoms with van der Waals surface area (Å²) in [6.07, 6.45) is 7.71. The van der Waals surface area contributed by atoms with Crippen molar-refractivity contribution in [3.8, 4) is 0 Å². The van der Waals surface area contributed by atoms with Crippen LogP contribution in [0.15, 0.2) is 12.2 Å². The maximum atomic E-state index is 12.5. The predicted octanol–water partition coefficient (Wildman–Crippen LogP) is 5.29. The zero-order chi connectivity index (χ0) is 16.9. The first-order valence-corrected chi connectivity index (χ1v) is 8.18. The minimum atomic E-state index is -0.415. The van der Waals surface area contributed by atoms with Crippen LogP contribution in [0.25, 0.3) is 0 Å². The summed E-state index contributed by atoms with van der Waals surface area (Å²) in [5.74, 6) is 0.199. The van der Waals surface area contributed by atoms with E-state index in [0.29, 0.717) is 5.41 Å². The Morgan fingerprint density at radius 2 is 1.48 bits per heavy atom. The van der Waals surface area contributed by atoms with E-state index >= 15 is 0 Å². The fourth-order valence-corrected chi connectivity index (χ4v) is 2.47. The molecular weight excluding hydrogens is 258 g/mol. The van der Waals surface area contributed by atoms with Crippen LogP contribution in [-0.2, 0) is 4.79 Å². The van der Waals surface area contributed by atoms with E-state index in [1.165, 1.54) is 12.8 Å². The summed E-state index contributed by atoms with van der Waals surface area (Å²) in [5, 5.41) is 0. The van der Waals surface area contributed by atoms with Crippen LogP contribution in [0.4, 0.5) is 0 Å². The Labute approximate surface area is 133 Å². The fraction of sp³-hybridized carbons (Fsp3) is 0.842. The molecule has 0 aromatic heterocycles. The summed E-state index contributed by atoms with van der Waals surface area (Å²) in [6.45, 7) is 18.1. The highest BCUT2D eigenvalue weighted by atomic mass is 16.2. The molecule has 124 valence electrons. The molecule has 0 saturated heterocycles. The van der Waals surface area contributed by atoms with Crippen molar-refractivity contribution in [1.29, 1.82) is 0 Å². The molecular formula is C19H37NO. The lowest BCUT2D eigenvalue weighted by Gasteiger charge is -2.32. The molecule has 0 aromatic carbocycles. The molecule has 1 amide bonds. The summed E-state index contributed by atoms with van der Waals surface area (Å²) in [7, 11) is 1.91. The van der Waals surface area contributed by atoms with Gasteiger partial charge < -0.3 is 4.90 Å². The third kappa shape index (κ3) is 9.71. The smallest absolute Gasteiger partial charge is 0.231 e. The van der Waals surface area contributed by atoms with Crippen molar-refractivity contribution in [2.24, 2.45) is 16.2 Å². The molecule has 0 bridgehead atoms. The standard InChI is InChI=1S/C19H37NO/c1-17(2,3)13-11-10-12-14-19(7,8)16(21)20(9)15-18(4,5)6/h12,14H,10-11,13,15H2,1-9H3. The van der Waals surface area contributed by atoms with Gasteiger partial charge in [0.15, 0.2) is 0 Å². The van der Waals surface area contributed by atoms with Crippen molar-refractivity contribution in [2.45, 2.75) is 74.7 Å². The molecule has 0 atom stereocenters. The van der Waals surface area contributed by atoms with Crippen LogP contribution in [0.5, 0.6) is 0 Å². The van der Waals surface area contributed by atoms with Crippen molar-refractivity contribution in [3.05, 3.63) is 12.2 Å². The highest BCUT2D eigenvalue weighted by Crippen LogP contribution is 2.25. The van der Waals surface area contributed by atoms with Crippen LogP contribution in [-0.4, -0.2) is 24.4 Å². The van der Waals surface area contributed by atoms with Crippen LogP contribution in [0.2, 0.25) is 0 Å². The van der Waals surface area contributed by atoms with E-state index in [2.05, 4.69) is 53.7 Å². The Morgan fingerprint density at radius 3 is 1.90 bits per heavy atom. The molecule has 0 fully saturated rings. The van der Waals surface area contributed by atoms with E-state index in [1.54, 1.807) is 0 Å². The van der Waals surface area contributed by atoms with Gasteiger partial charge in [-0.2, -0.15) is 0 Å². The molecule has 0 spiro atoms. The maximum absolute atomic E-state index is 12.5. The van der Waals surface area contributed by atoms with Crippen molar-refractivity contribution in [2.75, 3.05) is 13.6 Å². The van der Waals surface area contributed by atoms with Gasteiger partial charge >= 0.3 is 0 Å². The number of unbranched alkanes of at least 4 members (excludes halogenated alkanes) is 1. The Morgan fingerprint density at radius 1 is 0.952 bits per heavy atom. The van der Waals surface area contributed by atoms with Gasteiger partial charge in [0.05, 0.1) is 5.41 Å². The lowest BCUT2D eigenvalue weighted by molar-refractivity contribution is -0.137. The Kier molecular flexibility index (Phi) is 7.19. The zero-order valence-corrected chi connectivity index (χ0v) is 15.8. The van der Waals surface area contributed by atoms with Gasteiger partial charge in [-0.15, -0.1) is 0 Å². The largest absolute Gasteiger partial charge is 0.345 e. The summed E-state index contributed by atoms with van der Waals surface area (Å²) in [6, 6.07) is 0. The van der Waals surface area contributed by atoms with Crippen LogP contribution in [0.3, 0.4) is 0 Å². The topological polar surface area (TPSA) is 20.3 Å². The molecule has 0 aliphatic heterocycles. The minimum Gasteiger partial charge on any atom is -0.345 e. The third-order valence-corrected chi connectivity index (χ3v) is 3.44. The lowest BCUT2D eigenvalue weighted by atomic mass is 9.87. The highest BCUT2D eigenvalue weighted by Gasteiger charge is 2.29. The van der Waals surface area contributed by atoms with Crippen LogP contribution in [0.1, 0.15) is 74.7 Å². The molecule has 0 heterocycles. The number of hydrogen-bond donors (Lipinski definition) is 0. The van der Waals surface area contributed by atoms with Gasteiger partial charge in [0.1, 0.15) is 0 Å². The number of carbonyl (C=O) groups excluding carboxylic acids is 1. The molecule has 0 saturated carbocycles. The lowest BCUT2D eigenvalue weighted by Crippen LogP contribution is -2.41. The van der Waals surface area contributed by atoms with E-state index in [1.807, 2.05) is 25.8 Å². The molecule has 0 aromatic rings. The maximum Gasteiger partial charge on any atom is 0.231 e. The molecule has 2 nitrogen and oxygen atoms in total. The molecule has 0 rings (SSSR count). The number of carbonyl (C=O) groups is 1. The van der Waals surface area contributed by atoms with Crippen LogP contribution < -0.4 is 0 Å². The van der Waals surface area contributed by atoms with Crippen molar-refractivity contribution >= 4 is 5.91 Å². The summed E-state index contributed by atoms with van der Waals surface area (Å²) < 4.78 is 0. The van der Waals surface area contributed by atoms with Crippen LogP contribution in [0, 0.1) is 16.2 Å². The summed E-state index contributed by atoms with van der Waals surface area (Å²) in [4.78, 5) is 14.4. The first kappa shape index (κ1) is 20.2. The van der Waals surface area contributed by atoms with Gasteiger partial charge in [-0.3, -0.25) is 4.79 Å². The number of allylic oxidation sites excluding steroid dienone is 1. The number of amides is 1. The monoisotopic (exact) mass is 295 g/mol. The Hall–Kier alpha value is -0.790. The van der Waals surface area contributed by atoms with Crippen molar-refractivity contribution in [1.82, 2.24) is 4.90 Å². The second-order valence-corrected chi connectivity index (χ2v) is 9.30. The molecule has 0 unspecified atom stereocenters. The summed E-state index contributed by atoms with van der Waals surface area (Å²) in [5.41, 5.74) is 0.116. The quantitative estimate of drug-likeness (QED) is 0.481.